The summed E-state index contributed by atoms with van der Waals surface area (Å²) in [5.41, 5.74) is 1.55. The first-order valence-corrected chi connectivity index (χ1v) is 6.46. The van der Waals surface area contributed by atoms with Gasteiger partial charge in [0.15, 0.2) is 0 Å². The minimum Gasteiger partial charge on any atom is -0.232 e. The highest BCUT2D eigenvalue weighted by atomic mass is 79.9. The fourth-order valence-corrected chi connectivity index (χ4v) is 1.91. The van der Waals surface area contributed by atoms with Crippen molar-refractivity contribution in [3.63, 3.8) is 0 Å². The lowest BCUT2D eigenvalue weighted by atomic mass is 9.95. The molecule has 0 aliphatic carbocycles. The number of rotatable bonds is 1. The molecule has 18 heavy (non-hydrogen) atoms. The number of aromatic nitrogens is 2. The Morgan fingerprint density at radius 1 is 1.06 bits per heavy atom. The van der Waals surface area contributed by atoms with Crippen LogP contribution < -0.4 is 0 Å². The molecule has 2 aromatic rings. The van der Waals surface area contributed by atoms with Crippen LogP contribution in [0.5, 0.6) is 0 Å². The van der Waals surface area contributed by atoms with Gasteiger partial charge >= 0.3 is 0 Å². The molecule has 0 spiro atoms. The first-order chi connectivity index (χ1) is 8.36. The van der Waals surface area contributed by atoms with Gasteiger partial charge in [0.25, 0.3) is 0 Å². The lowest BCUT2D eigenvalue weighted by molar-refractivity contribution is 0.544. The maximum Gasteiger partial charge on any atom is 0.135 e. The van der Waals surface area contributed by atoms with Crippen molar-refractivity contribution in [3.8, 4) is 11.3 Å². The summed E-state index contributed by atoms with van der Waals surface area (Å²) in [6.45, 7) is 6.18. The lowest BCUT2D eigenvalue weighted by Crippen LogP contribution is -2.16. The van der Waals surface area contributed by atoms with Crippen LogP contribution in [0.2, 0.25) is 0 Å². The second kappa shape index (κ2) is 4.76. The van der Waals surface area contributed by atoms with Crippen LogP contribution in [0.4, 0.5) is 4.39 Å². The van der Waals surface area contributed by atoms with E-state index in [4.69, 9.17) is 0 Å². The Morgan fingerprint density at radius 3 is 2.22 bits per heavy atom. The van der Waals surface area contributed by atoms with Crippen molar-refractivity contribution in [3.05, 3.63) is 46.6 Å². The zero-order chi connectivity index (χ0) is 13.3. The van der Waals surface area contributed by atoms with Crippen molar-refractivity contribution in [2.45, 2.75) is 26.2 Å². The van der Waals surface area contributed by atoms with Gasteiger partial charge < -0.3 is 0 Å². The molecule has 1 aromatic carbocycles. The Morgan fingerprint density at radius 2 is 1.67 bits per heavy atom. The van der Waals surface area contributed by atoms with Gasteiger partial charge in [-0.05, 0) is 46.3 Å². The van der Waals surface area contributed by atoms with E-state index in [1.807, 2.05) is 6.07 Å². The molecule has 1 heterocycles. The molecule has 1 aromatic heterocycles. The largest absolute Gasteiger partial charge is 0.232 e. The summed E-state index contributed by atoms with van der Waals surface area (Å²) in [6, 6.07) is 8.14. The normalized spacial score (nSPS) is 11.6. The number of halogens is 2. The van der Waals surface area contributed by atoms with E-state index in [9.17, 15) is 4.39 Å². The standard InChI is InChI=1S/C14H14BrFN2/c1-14(2,3)13-17-11(8-12(15)18-13)9-4-6-10(16)7-5-9/h4-8H,1-3H3. The molecule has 2 nitrogen and oxygen atoms in total. The number of benzene rings is 1. The molecule has 94 valence electrons. The molecular weight excluding hydrogens is 295 g/mol. The van der Waals surface area contributed by atoms with Gasteiger partial charge in [0, 0.05) is 11.0 Å². The van der Waals surface area contributed by atoms with Crippen molar-refractivity contribution in [1.82, 2.24) is 9.97 Å². The summed E-state index contributed by atoms with van der Waals surface area (Å²) in [6.07, 6.45) is 0. The predicted octanol–water partition coefficient (Wildman–Crippen LogP) is 4.34. The van der Waals surface area contributed by atoms with E-state index >= 15 is 0 Å². The minimum absolute atomic E-state index is 0.126. The topological polar surface area (TPSA) is 25.8 Å². The van der Waals surface area contributed by atoms with Crippen molar-refractivity contribution < 1.29 is 4.39 Å². The van der Waals surface area contributed by atoms with Crippen molar-refractivity contribution in [1.29, 1.82) is 0 Å². The Hall–Kier alpha value is -1.29. The molecule has 2 rings (SSSR count). The molecule has 0 bridgehead atoms. The zero-order valence-electron chi connectivity index (χ0n) is 10.5. The van der Waals surface area contributed by atoms with Gasteiger partial charge in [-0.3, -0.25) is 0 Å². The Bertz CT molecular complexity index is 559. The molecule has 0 saturated heterocycles. The lowest BCUT2D eigenvalue weighted by Gasteiger charge is -2.17. The van der Waals surface area contributed by atoms with Gasteiger partial charge in [-0.2, -0.15) is 0 Å². The maximum atomic E-state index is 12.9. The summed E-state index contributed by atoms with van der Waals surface area (Å²) in [5, 5.41) is 0. The minimum atomic E-state index is -0.247. The third-order valence-corrected chi connectivity index (χ3v) is 2.91. The van der Waals surface area contributed by atoms with Gasteiger partial charge in [-0.25, -0.2) is 14.4 Å². The predicted molar refractivity (Wildman–Crippen MR) is 73.8 cm³/mol. The van der Waals surface area contributed by atoms with Crippen molar-refractivity contribution in [2.24, 2.45) is 0 Å². The molecule has 0 N–H and O–H groups in total. The van der Waals surface area contributed by atoms with Crippen LogP contribution in [0, 0.1) is 5.82 Å². The zero-order valence-corrected chi connectivity index (χ0v) is 12.1. The van der Waals surface area contributed by atoms with E-state index in [0.29, 0.717) is 0 Å². The molecule has 0 saturated carbocycles. The van der Waals surface area contributed by atoms with E-state index < -0.39 is 0 Å². The van der Waals surface area contributed by atoms with Gasteiger partial charge in [-0.15, -0.1) is 0 Å². The van der Waals surface area contributed by atoms with Gasteiger partial charge in [-0.1, -0.05) is 20.8 Å². The number of nitrogens with zero attached hydrogens (tertiary/aromatic N) is 2. The SMILES string of the molecule is CC(C)(C)c1nc(Br)cc(-c2ccc(F)cc2)n1. The van der Waals surface area contributed by atoms with Gasteiger partial charge in [0.05, 0.1) is 5.69 Å². The average molecular weight is 309 g/mol. The highest BCUT2D eigenvalue weighted by Crippen LogP contribution is 2.25. The van der Waals surface area contributed by atoms with Crippen LogP contribution in [0.25, 0.3) is 11.3 Å². The molecule has 0 amide bonds. The quantitative estimate of drug-likeness (QED) is 0.732. The molecule has 0 aliphatic heterocycles. The molecule has 4 heteroatoms. The van der Waals surface area contributed by atoms with Gasteiger partial charge in [0.2, 0.25) is 0 Å². The second-order valence-corrected chi connectivity index (χ2v) is 5.97. The Kier molecular flexibility index (Phi) is 3.48. The fourth-order valence-electron chi connectivity index (χ4n) is 1.52. The molecule has 0 unspecified atom stereocenters. The summed E-state index contributed by atoms with van der Waals surface area (Å²) < 4.78 is 13.6. The van der Waals surface area contributed by atoms with Crippen molar-refractivity contribution >= 4 is 15.9 Å². The van der Waals surface area contributed by atoms with E-state index in [1.165, 1.54) is 12.1 Å². The monoisotopic (exact) mass is 308 g/mol. The first kappa shape index (κ1) is 13.1. The summed E-state index contributed by atoms with van der Waals surface area (Å²) in [4.78, 5) is 8.92. The number of hydrogen-bond donors (Lipinski definition) is 0. The fraction of sp³-hybridized carbons (Fsp3) is 0.286. The van der Waals surface area contributed by atoms with Crippen LogP contribution in [-0.4, -0.2) is 9.97 Å². The van der Waals surface area contributed by atoms with Crippen LogP contribution >= 0.6 is 15.9 Å². The molecule has 0 atom stereocenters. The second-order valence-electron chi connectivity index (χ2n) is 5.16. The Labute approximate surface area is 114 Å². The third kappa shape index (κ3) is 2.93. The number of hydrogen-bond acceptors (Lipinski definition) is 2. The Balaban J connectivity index is 2.52. The van der Waals surface area contributed by atoms with E-state index in [0.717, 1.165) is 21.7 Å². The summed E-state index contributed by atoms with van der Waals surface area (Å²) in [7, 11) is 0. The average Bonchev–Trinajstić information content (AvgIpc) is 2.28. The molecule has 0 fully saturated rings. The molecular formula is C14H14BrFN2. The first-order valence-electron chi connectivity index (χ1n) is 5.67. The van der Waals surface area contributed by atoms with Gasteiger partial charge in [0.1, 0.15) is 16.2 Å². The van der Waals surface area contributed by atoms with Crippen LogP contribution in [-0.2, 0) is 5.41 Å². The summed E-state index contributed by atoms with van der Waals surface area (Å²) >= 11 is 3.39. The highest BCUT2D eigenvalue weighted by Gasteiger charge is 2.19. The smallest absolute Gasteiger partial charge is 0.135 e. The van der Waals surface area contributed by atoms with E-state index in [-0.39, 0.29) is 11.2 Å². The van der Waals surface area contributed by atoms with Crippen molar-refractivity contribution in [2.75, 3.05) is 0 Å². The highest BCUT2D eigenvalue weighted by molar-refractivity contribution is 9.10. The third-order valence-electron chi connectivity index (χ3n) is 2.51. The summed E-state index contributed by atoms with van der Waals surface area (Å²) in [5.74, 6) is 0.513. The van der Waals surface area contributed by atoms with E-state index in [2.05, 4.69) is 46.7 Å². The maximum absolute atomic E-state index is 12.9. The van der Waals surface area contributed by atoms with Crippen LogP contribution in [0.1, 0.15) is 26.6 Å². The molecule has 0 aliphatic rings. The van der Waals surface area contributed by atoms with Crippen LogP contribution in [0.15, 0.2) is 34.9 Å². The van der Waals surface area contributed by atoms with E-state index in [1.54, 1.807) is 12.1 Å². The van der Waals surface area contributed by atoms with Crippen LogP contribution in [0.3, 0.4) is 0 Å². The molecule has 0 radical (unpaired) electrons.